The summed E-state index contributed by atoms with van der Waals surface area (Å²) in [4.78, 5) is 21.2. The molecule has 1 aromatic heterocycles. The highest BCUT2D eigenvalue weighted by Crippen LogP contribution is 2.22. The fourth-order valence-electron chi connectivity index (χ4n) is 1.19. The van der Waals surface area contributed by atoms with Crippen molar-refractivity contribution >= 4 is 34.6 Å². The third-order valence-corrected chi connectivity index (χ3v) is 2.06. The number of furan rings is 1. The zero-order chi connectivity index (χ0) is 10.1. The number of carbonyl (C=O) groups excluding carboxylic acids is 2. The molecule has 3 nitrogen and oxygen atoms in total. The zero-order valence-electron chi connectivity index (χ0n) is 6.99. The van der Waals surface area contributed by atoms with Crippen LogP contribution < -0.4 is 0 Å². The zero-order valence-corrected chi connectivity index (χ0v) is 7.75. The van der Waals surface area contributed by atoms with Gasteiger partial charge in [-0.1, -0.05) is 11.6 Å². The van der Waals surface area contributed by atoms with E-state index in [0.717, 1.165) is 0 Å². The molecule has 0 unspecified atom stereocenters. The van der Waals surface area contributed by atoms with Gasteiger partial charge in [-0.3, -0.25) is 9.59 Å². The number of ketones is 1. The standard InChI is InChI=1S/C10H5ClO3/c11-7-1-2-9-6(3-7)4-10(14-9)8(13)5-12/h1-5H. The van der Waals surface area contributed by atoms with Crippen LogP contribution >= 0.6 is 11.6 Å². The SMILES string of the molecule is O=CC(=O)c1cc2cc(Cl)ccc2o1. The van der Waals surface area contributed by atoms with Gasteiger partial charge in [-0.15, -0.1) is 0 Å². The molecule has 0 amide bonds. The molecule has 0 N–H and O–H groups in total. The number of rotatable bonds is 2. The van der Waals surface area contributed by atoms with Crippen molar-refractivity contribution in [2.24, 2.45) is 0 Å². The highest BCUT2D eigenvalue weighted by atomic mass is 35.5. The predicted octanol–water partition coefficient (Wildman–Crippen LogP) is 2.47. The number of aldehydes is 1. The molecule has 4 heteroatoms. The fraction of sp³-hybridized carbons (Fsp3) is 0. The Labute approximate surface area is 84.3 Å². The third kappa shape index (κ3) is 1.42. The maximum atomic E-state index is 11.0. The number of halogens is 1. The van der Waals surface area contributed by atoms with Gasteiger partial charge in [0.1, 0.15) is 5.58 Å². The molecule has 0 fully saturated rings. The molecule has 70 valence electrons. The second-order valence-electron chi connectivity index (χ2n) is 2.77. The van der Waals surface area contributed by atoms with Crippen molar-refractivity contribution in [3.05, 3.63) is 35.0 Å². The molecule has 0 spiro atoms. The summed E-state index contributed by atoms with van der Waals surface area (Å²) in [6.07, 6.45) is 0.222. The van der Waals surface area contributed by atoms with Gasteiger partial charge in [0.2, 0.25) is 0 Å². The first-order valence-corrected chi connectivity index (χ1v) is 4.27. The van der Waals surface area contributed by atoms with Gasteiger partial charge in [-0.2, -0.15) is 0 Å². The second kappa shape index (κ2) is 3.27. The lowest BCUT2D eigenvalue weighted by atomic mass is 10.2. The average molecular weight is 209 g/mol. The van der Waals surface area contributed by atoms with E-state index in [1.165, 1.54) is 6.07 Å². The van der Waals surface area contributed by atoms with E-state index in [1.54, 1.807) is 18.2 Å². The summed E-state index contributed by atoms with van der Waals surface area (Å²) in [5.41, 5.74) is 0.541. The number of hydrogen-bond donors (Lipinski definition) is 0. The molecule has 0 radical (unpaired) electrons. The Hall–Kier alpha value is -1.61. The highest BCUT2D eigenvalue weighted by Gasteiger charge is 2.10. The summed E-state index contributed by atoms with van der Waals surface area (Å²) >= 11 is 5.75. The fourth-order valence-corrected chi connectivity index (χ4v) is 1.37. The predicted molar refractivity (Wildman–Crippen MR) is 51.6 cm³/mol. The maximum Gasteiger partial charge on any atom is 0.260 e. The normalized spacial score (nSPS) is 10.4. The maximum absolute atomic E-state index is 11.0. The van der Waals surface area contributed by atoms with Gasteiger partial charge >= 0.3 is 0 Å². The van der Waals surface area contributed by atoms with Gasteiger partial charge in [0.15, 0.2) is 12.0 Å². The molecule has 0 aliphatic carbocycles. The van der Waals surface area contributed by atoms with Crippen LogP contribution in [-0.2, 0) is 4.79 Å². The molecular formula is C10H5ClO3. The molecule has 1 aromatic carbocycles. The van der Waals surface area contributed by atoms with Crippen molar-refractivity contribution < 1.29 is 14.0 Å². The first-order chi connectivity index (χ1) is 6.70. The Morgan fingerprint density at radius 3 is 2.86 bits per heavy atom. The molecule has 14 heavy (non-hydrogen) atoms. The van der Waals surface area contributed by atoms with Crippen molar-refractivity contribution in [3.8, 4) is 0 Å². The number of benzene rings is 1. The first kappa shape index (κ1) is 8.97. The van der Waals surface area contributed by atoms with E-state index in [4.69, 9.17) is 16.0 Å². The first-order valence-electron chi connectivity index (χ1n) is 3.89. The number of hydrogen-bond acceptors (Lipinski definition) is 3. The Balaban J connectivity index is 2.62. The molecule has 0 saturated heterocycles. The van der Waals surface area contributed by atoms with Crippen molar-refractivity contribution in [1.29, 1.82) is 0 Å². The lowest BCUT2D eigenvalue weighted by Gasteiger charge is -1.87. The summed E-state index contributed by atoms with van der Waals surface area (Å²) < 4.78 is 5.14. The van der Waals surface area contributed by atoms with Crippen molar-refractivity contribution in [2.45, 2.75) is 0 Å². The van der Waals surface area contributed by atoms with E-state index in [2.05, 4.69) is 0 Å². The minimum Gasteiger partial charge on any atom is -0.452 e. The summed E-state index contributed by atoms with van der Waals surface area (Å²) in [6, 6.07) is 6.47. The van der Waals surface area contributed by atoms with E-state index >= 15 is 0 Å². The van der Waals surface area contributed by atoms with Crippen LogP contribution in [-0.4, -0.2) is 12.1 Å². The van der Waals surface area contributed by atoms with Crippen LogP contribution in [0.5, 0.6) is 0 Å². The molecule has 2 rings (SSSR count). The quantitative estimate of drug-likeness (QED) is 0.433. The van der Waals surface area contributed by atoms with Crippen LogP contribution in [0.3, 0.4) is 0 Å². The molecule has 0 aliphatic rings. The van der Waals surface area contributed by atoms with Crippen LogP contribution in [0.25, 0.3) is 11.0 Å². The lowest BCUT2D eigenvalue weighted by molar-refractivity contribution is -0.104. The Morgan fingerprint density at radius 1 is 1.36 bits per heavy atom. The van der Waals surface area contributed by atoms with Crippen LogP contribution in [0.2, 0.25) is 5.02 Å². The lowest BCUT2D eigenvalue weighted by Crippen LogP contribution is -1.96. The van der Waals surface area contributed by atoms with Crippen molar-refractivity contribution in [3.63, 3.8) is 0 Å². The van der Waals surface area contributed by atoms with E-state index in [9.17, 15) is 9.59 Å². The summed E-state index contributed by atoms with van der Waals surface area (Å²) in [7, 11) is 0. The van der Waals surface area contributed by atoms with Gasteiger partial charge in [0, 0.05) is 10.4 Å². The Morgan fingerprint density at radius 2 is 2.14 bits per heavy atom. The summed E-state index contributed by atoms with van der Waals surface area (Å²) in [5, 5.41) is 1.27. The molecule has 0 bridgehead atoms. The third-order valence-electron chi connectivity index (χ3n) is 1.83. The second-order valence-corrected chi connectivity index (χ2v) is 3.21. The number of carbonyl (C=O) groups is 2. The van der Waals surface area contributed by atoms with Crippen LogP contribution in [0.15, 0.2) is 28.7 Å². The Bertz CT molecular complexity index is 513. The van der Waals surface area contributed by atoms with Gasteiger partial charge in [-0.25, -0.2) is 0 Å². The monoisotopic (exact) mass is 208 g/mol. The number of Topliss-reactive ketones (excluding diaryl/α,β-unsaturated/α-hetero) is 1. The van der Waals surface area contributed by atoms with Gasteiger partial charge < -0.3 is 4.42 Å². The molecular weight excluding hydrogens is 204 g/mol. The van der Waals surface area contributed by atoms with E-state index < -0.39 is 5.78 Å². The average Bonchev–Trinajstić information content (AvgIpc) is 2.59. The minimum absolute atomic E-state index is 0.0391. The molecule has 1 heterocycles. The Kier molecular flexibility index (Phi) is 2.09. The number of fused-ring (bicyclic) bond motifs is 1. The van der Waals surface area contributed by atoms with E-state index in [0.29, 0.717) is 16.0 Å². The van der Waals surface area contributed by atoms with Gasteiger partial charge in [0.05, 0.1) is 0 Å². The van der Waals surface area contributed by atoms with Crippen molar-refractivity contribution in [1.82, 2.24) is 0 Å². The highest BCUT2D eigenvalue weighted by molar-refractivity contribution is 6.33. The summed E-state index contributed by atoms with van der Waals surface area (Å²) in [5.74, 6) is -0.630. The van der Waals surface area contributed by atoms with Gasteiger partial charge in [0.25, 0.3) is 5.78 Å². The smallest absolute Gasteiger partial charge is 0.260 e. The molecule has 0 atom stereocenters. The van der Waals surface area contributed by atoms with Gasteiger partial charge in [-0.05, 0) is 24.3 Å². The summed E-state index contributed by atoms with van der Waals surface area (Å²) in [6.45, 7) is 0. The molecule has 0 aliphatic heterocycles. The van der Waals surface area contributed by atoms with E-state index in [-0.39, 0.29) is 12.0 Å². The van der Waals surface area contributed by atoms with Crippen LogP contribution in [0.1, 0.15) is 10.6 Å². The molecule has 2 aromatic rings. The largest absolute Gasteiger partial charge is 0.452 e. The van der Waals surface area contributed by atoms with Crippen molar-refractivity contribution in [2.75, 3.05) is 0 Å². The minimum atomic E-state index is -0.669. The van der Waals surface area contributed by atoms with Crippen LogP contribution in [0.4, 0.5) is 0 Å². The van der Waals surface area contributed by atoms with E-state index in [1.807, 2.05) is 0 Å². The van der Waals surface area contributed by atoms with Crippen LogP contribution in [0, 0.1) is 0 Å². The topological polar surface area (TPSA) is 47.3 Å². The molecule has 0 saturated carbocycles.